The van der Waals surface area contributed by atoms with E-state index in [9.17, 15) is 4.79 Å². The van der Waals surface area contributed by atoms with Gasteiger partial charge in [-0.1, -0.05) is 37.3 Å². The maximum absolute atomic E-state index is 12.1. The molecule has 2 rings (SSSR count). The molecule has 1 amide bonds. The van der Waals surface area contributed by atoms with E-state index in [1.807, 2.05) is 6.07 Å². The molecule has 1 aliphatic carbocycles. The Hall–Kier alpha value is -1.35. The van der Waals surface area contributed by atoms with Crippen LogP contribution in [0.15, 0.2) is 30.3 Å². The normalized spacial score (nSPS) is 24.1. The number of nitrogens with two attached hydrogens (primary N) is 1. The Balaban J connectivity index is 1.69. The maximum Gasteiger partial charge on any atom is 0.223 e. The second kappa shape index (κ2) is 7.44. The van der Waals surface area contributed by atoms with Gasteiger partial charge in [-0.3, -0.25) is 4.79 Å². The highest BCUT2D eigenvalue weighted by Crippen LogP contribution is 2.23. The largest absolute Gasteiger partial charge is 0.356 e. The van der Waals surface area contributed by atoms with Crippen LogP contribution in [-0.4, -0.2) is 18.5 Å². The molecular weight excluding hydrogens is 248 g/mol. The molecule has 3 nitrogen and oxygen atoms in total. The molecular formula is C17H26N2O. The Bertz CT molecular complexity index is 410. The third-order valence-corrected chi connectivity index (χ3v) is 4.39. The molecule has 3 N–H and O–H groups in total. The Morgan fingerprint density at radius 3 is 2.55 bits per heavy atom. The number of nitrogens with one attached hydrogen (secondary N) is 1. The standard InChI is InChI=1S/C17H26N2O/c1-13(14-5-3-2-4-6-14)11-12-19-17(20)15-7-9-16(18)10-8-15/h2-6,13,15-16H,7-12,18H2,1H3,(H,19,20). The predicted molar refractivity (Wildman–Crippen MR) is 82.4 cm³/mol. The van der Waals surface area contributed by atoms with Crippen molar-refractivity contribution in [3.63, 3.8) is 0 Å². The van der Waals surface area contributed by atoms with Crippen LogP contribution in [0.1, 0.15) is 50.5 Å². The van der Waals surface area contributed by atoms with Crippen molar-refractivity contribution in [3.8, 4) is 0 Å². The van der Waals surface area contributed by atoms with Crippen molar-refractivity contribution >= 4 is 5.91 Å². The van der Waals surface area contributed by atoms with Gasteiger partial charge >= 0.3 is 0 Å². The first kappa shape index (κ1) is 15.0. The van der Waals surface area contributed by atoms with E-state index in [1.54, 1.807) is 0 Å². The van der Waals surface area contributed by atoms with Gasteiger partial charge in [-0.2, -0.15) is 0 Å². The molecule has 0 radical (unpaired) electrons. The topological polar surface area (TPSA) is 55.1 Å². The summed E-state index contributed by atoms with van der Waals surface area (Å²) in [6.07, 6.45) is 4.85. The molecule has 0 aromatic heterocycles. The summed E-state index contributed by atoms with van der Waals surface area (Å²) in [5.74, 6) is 0.885. The highest BCUT2D eigenvalue weighted by Gasteiger charge is 2.24. The van der Waals surface area contributed by atoms with Crippen molar-refractivity contribution in [2.45, 2.75) is 51.0 Å². The molecule has 0 spiro atoms. The first-order chi connectivity index (χ1) is 9.66. The SMILES string of the molecule is CC(CCNC(=O)C1CCC(N)CC1)c1ccccc1. The van der Waals surface area contributed by atoms with Gasteiger partial charge in [0.2, 0.25) is 5.91 Å². The van der Waals surface area contributed by atoms with Crippen LogP contribution < -0.4 is 11.1 Å². The minimum absolute atomic E-state index is 0.182. The molecule has 0 bridgehead atoms. The molecule has 1 aromatic rings. The van der Waals surface area contributed by atoms with Gasteiger partial charge in [0.25, 0.3) is 0 Å². The van der Waals surface area contributed by atoms with E-state index in [-0.39, 0.29) is 11.8 Å². The lowest BCUT2D eigenvalue weighted by atomic mass is 9.86. The van der Waals surface area contributed by atoms with Gasteiger partial charge in [-0.25, -0.2) is 0 Å². The van der Waals surface area contributed by atoms with Crippen LogP contribution in [0.3, 0.4) is 0 Å². The second-order valence-corrected chi connectivity index (χ2v) is 6.00. The number of benzene rings is 1. The molecule has 1 unspecified atom stereocenters. The van der Waals surface area contributed by atoms with Crippen LogP contribution in [0.2, 0.25) is 0 Å². The molecule has 3 heteroatoms. The Morgan fingerprint density at radius 2 is 1.90 bits per heavy atom. The monoisotopic (exact) mass is 274 g/mol. The van der Waals surface area contributed by atoms with Crippen LogP contribution in [0.5, 0.6) is 0 Å². The van der Waals surface area contributed by atoms with Gasteiger partial charge in [0.15, 0.2) is 0 Å². The molecule has 110 valence electrons. The summed E-state index contributed by atoms with van der Waals surface area (Å²) in [6, 6.07) is 10.8. The Morgan fingerprint density at radius 1 is 1.25 bits per heavy atom. The van der Waals surface area contributed by atoms with Gasteiger partial charge < -0.3 is 11.1 Å². The van der Waals surface area contributed by atoms with Crippen LogP contribution in [0.25, 0.3) is 0 Å². The Labute approximate surface area is 121 Å². The summed E-state index contributed by atoms with van der Waals surface area (Å²) in [6.45, 7) is 2.97. The second-order valence-electron chi connectivity index (χ2n) is 6.00. The van der Waals surface area contributed by atoms with E-state index < -0.39 is 0 Å². The van der Waals surface area contributed by atoms with Gasteiger partial charge in [0.1, 0.15) is 0 Å². The molecule has 20 heavy (non-hydrogen) atoms. The van der Waals surface area contributed by atoms with Gasteiger partial charge in [-0.15, -0.1) is 0 Å². The molecule has 1 atom stereocenters. The van der Waals surface area contributed by atoms with E-state index in [0.29, 0.717) is 12.0 Å². The summed E-state index contributed by atoms with van der Waals surface area (Å²) in [5, 5.41) is 3.09. The molecule has 0 aliphatic heterocycles. The van der Waals surface area contributed by atoms with E-state index in [2.05, 4.69) is 36.5 Å². The van der Waals surface area contributed by atoms with Crippen molar-refractivity contribution < 1.29 is 4.79 Å². The number of carbonyl (C=O) groups excluding carboxylic acids is 1. The summed E-state index contributed by atoms with van der Waals surface area (Å²) in [7, 11) is 0. The van der Waals surface area contributed by atoms with Crippen LogP contribution >= 0.6 is 0 Å². The van der Waals surface area contributed by atoms with Crippen LogP contribution in [0, 0.1) is 5.92 Å². The van der Waals surface area contributed by atoms with Crippen molar-refractivity contribution in [2.75, 3.05) is 6.54 Å². The minimum Gasteiger partial charge on any atom is -0.356 e. The van der Waals surface area contributed by atoms with Gasteiger partial charge in [0, 0.05) is 18.5 Å². The molecule has 0 heterocycles. The number of amides is 1. The van der Waals surface area contributed by atoms with Crippen molar-refractivity contribution in [1.29, 1.82) is 0 Å². The fourth-order valence-corrected chi connectivity index (χ4v) is 2.89. The fourth-order valence-electron chi connectivity index (χ4n) is 2.89. The highest BCUT2D eigenvalue weighted by atomic mass is 16.1. The van der Waals surface area contributed by atoms with E-state index in [4.69, 9.17) is 5.73 Å². The smallest absolute Gasteiger partial charge is 0.223 e. The van der Waals surface area contributed by atoms with E-state index in [0.717, 1.165) is 38.6 Å². The zero-order valence-electron chi connectivity index (χ0n) is 12.3. The molecule has 1 aromatic carbocycles. The first-order valence-corrected chi connectivity index (χ1v) is 7.75. The van der Waals surface area contributed by atoms with E-state index >= 15 is 0 Å². The third kappa shape index (κ3) is 4.34. The lowest BCUT2D eigenvalue weighted by Gasteiger charge is -2.25. The predicted octanol–water partition coefficient (Wildman–Crippen LogP) is 2.81. The summed E-state index contributed by atoms with van der Waals surface area (Å²) in [5.41, 5.74) is 7.21. The van der Waals surface area contributed by atoms with Crippen LogP contribution in [-0.2, 0) is 4.79 Å². The lowest BCUT2D eigenvalue weighted by Crippen LogP contribution is -2.36. The van der Waals surface area contributed by atoms with Crippen molar-refractivity contribution in [2.24, 2.45) is 11.7 Å². The van der Waals surface area contributed by atoms with Crippen molar-refractivity contribution in [3.05, 3.63) is 35.9 Å². The number of carbonyl (C=O) groups is 1. The molecule has 1 aliphatic rings. The summed E-state index contributed by atoms with van der Waals surface area (Å²) < 4.78 is 0. The zero-order chi connectivity index (χ0) is 14.4. The zero-order valence-corrected chi connectivity index (χ0v) is 12.3. The Kier molecular flexibility index (Phi) is 5.60. The van der Waals surface area contributed by atoms with E-state index in [1.165, 1.54) is 5.56 Å². The lowest BCUT2D eigenvalue weighted by molar-refractivity contribution is -0.126. The first-order valence-electron chi connectivity index (χ1n) is 7.75. The number of hydrogen-bond acceptors (Lipinski definition) is 2. The minimum atomic E-state index is 0.182. The van der Waals surface area contributed by atoms with Crippen LogP contribution in [0.4, 0.5) is 0 Å². The van der Waals surface area contributed by atoms with Crippen molar-refractivity contribution in [1.82, 2.24) is 5.32 Å². The maximum atomic E-state index is 12.1. The third-order valence-electron chi connectivity index (χ3n) is 4.39. The summed E-state index contributed by atoms with van der Waals surface area (Å²) >= 11 is 0. The number of rotatable bonds is 5. The van der Waals surface area contributed by atoms with Gasteiger partial charge in [-0.05, 0) is 43.6 Å². The molecule has 1 saturated carbocycles. The molecule has 1 fully saturated rings. The average Bonchev–Trinajstić information content (AvgIpc) is 2.48. The average molecular weight is 274 g/mol. The van der Waals surface area contributed by atoms with Gasteiger partial charge in [0.05, 0.1) is 0 Å². The molecule has 0 saturated heterocycles. The quantitative estimate of drug-likeness (QED) is 0.867. The fraction of sp³-hybridized carbons (Fsp3) is 0.588. The number of hydrogen-bond donors (Lipinski definition) is 2. The highest BCUT2D eigenvalue weighted by molar-refractivity contribution is 5.78. The summed E-state index contributed by atoms with van der Waals surface area (Å²) in [4.78, 5) is 12.1.